The van der Waals surface area contributed by atoms with E-state index in [1.165, 1.54) is 4.90 Å². The van der Waals surface area contributed by atoms with E-state index < -0.39 is 5.54 Å². The second kappa shape index (κ2) is 5.44. The molecule has 2 amide bonds. The van der Waals surface area contributed by atoms with Crippen LogP contribution in [0.2, 0.25) is 5.02 Å². The fraction of sp³-hybridized carbons (Fsp3) is 0.467. The van der Waals surface area contributed by atoms with Crippen LogP contribution in [0.5, 0.6) is 0 Å². The Morgan fingerprint density at radius 3 is 2.50 bits per heavy atom. The SMILES string of the molecule is CCC1(CC)NC(=O)CN(c2c(C)cccc2Cl)C1=O. The summed E-state index contributed by atoms with van der Waals surface area (Å²) in [6, 6.07) is 5.46. The van der Waals surface area contributed by atoms with Crippen molar-refractivity contribution in [2.75, 3.05) is 11.4 Å². The summed E-state index contributed by atoms with van der Waals surface area (Å²) in [5.41, 5.74) is 0.711. The van der Waals surface area contributed by atoms with Crippen molar-refractivity contribution >= 4 is 29.1 Å². The van der Waals surface area contributed by atoms with Crippen LogP contribution in [0, 0.1) is 6.92 Å². The highest BCUT2D eigenvalue weighted by molar-refractivity contribution is 6.34. The van der Waals surface area contributed by atoms with Crippen LogP contribution < -0.4 is 10.2 Å². The van der Waals surface area contributed by atoms with E-state index in [1.807, 2.05) is 32.9 Å². The first kappa shape index (κ1) is 14.9. The molecule has 1 aliphatic rings. The van der Waals surface area contributed by atoms with Gasteiger partial charge >= 0.3 is 0 Å². The summed E-state index contributed by atoms with van der Waals surface area (Å²) in [5, 5.41) is 3.34. The van der Waals surface area contributed by atoms with Gasteiger partial charge in [-0.3, -0.25) is 14.5 Å². The topological polar surface area (TPSA) is 49.4 Å². The van der Waals surface area contributed by atoms with Crippen molar-refractivity contribution in [3.05, 3.63) is 28.8 Å². The van der Waals surface area contributed by atoms with Crippen LogP contribution in [-0.4, -0.2) is 23.9 Å². The molecule has 5 heteroatoms. The molecule has 108 valence electrons. The molecule has 4 nitrogen and oxygen atoms in total. The molecule has 2 rings (SSSR count). The van der Waals surface area contributed by atoms with Crippen molar-refractivity contribution < 1.29 is 9.59 Å². The maximum Gasteiger partial charge on any atom is 0.253 e. The fourth-order valence-corrected chi connectivity index (χ4v) is 3.03. The largest absolute Gasteiger partial charge is 0.340 e. The molecule has 1 heterocycles. The summed E-state index contributed by atoms with van der Waals surface area (Å²) in [7, 11) is 0. The van der Waals surface area contributed by atoms with Gasteiger partial charge < -0.3 is 5.32 Å². The van der Waals surface area contributed by atoms with E-state index in [-0.39, 0.29) is 18.4 Å². The number of piperazine rings is 1. The molecule has 1 N–H and O–H groups in total. The molecule has 0 unspecified atom stereocenters. The lowest BCUT2D eigenvalue weighted by Crippen LogP contribution is -2.66. The minimum atomic E-state index is -0.819. The average Bonchev–Trinajstić information content (AvgIpc) is 2.42. The van der Waals surface area contributed by atoms with Crippen molar-refractivity contribution in [3.8, 4) is 0 Å². The van der Waals surface area contributed by atoms with E-state index in [4.69, 9.17) is 11.6 Å². The van der Waals surface area contributed by atoms with Crippen LogP contribution in [-0.2, 0) is 9.59 Å². The van der Waals surface area contributed by atoms with Gasteiger partial charge in [0.2, 0.25) is 5.91 Å². The second-order valence-corrected chi connectivity index (χ2v) is 5.54. The summed E-state index contributed by atoms with van der Waals surface area (Å²) in [6.07, 6.45) is 1.13. The molecular formula is C15H19ClN2O2. The molecule has 0 saturated carbocycles. The Balaban J connectivity index is 2.51. The number of nitrogens with one attached hydrogen (secondary N) is 1. The standard InChI is InChI=1S/C15H19ClN2O2/c1-4-15(5-2)14(20)18(9-12(19)17-15)13-10(3)7-6-8-11(13)16/h6-8H,4-5,9H2,1-3H3,(H,17,19). The van der Waals surface area contributed by atoms with Gasteiger partial charge in [0.1, 0.15) is 12.1 Å². The third kappa shape index (κ3) is 2.29. The number of rotatable bonds is 3. The molecule has 0 bridgehead atoms. The minimum absolute atomic E-state index is 0.0190. The zero-order chi connectivity index (χ0) is 14.9. The number of para-hydroxylation sites is 1. The Bertz CT molecular complexity index is 533. The molecule has 0 aliphatic carbocycles. The number of nitrogens with zero attached hydrogens (tertiary/aromatic N) is 1. The van der Waals surface area contributed by atoms with Gasteiger partial charge in [-0.05, 0) is 31.4 Å². The highest BCUT2D eigenvalue weighted by Gasteiger charge is 2.45. The van der Waals surface area contributed by atoms with Gasteiger partial charge in [-0.1, -0.05) is 37.6 Å². The lowest BCUT2D eigenvalue weighted by atomic mass is 9.88. The van der Waals surface area contributed by atoms with Gasteiger partial charge in [-0.25, -0.2) is 0 Å². The number of halogens is 1. The first-order valence-corrected chi connectivity index (χ1v) is 7.21. The molecule has 0 spiro atoms. The van der Waals surface area contributed by atoms with Gasteiger partial charge in [-0.2, -0.15) is 0 Å². The van der Waals surface area contributed by atoms with E-state index in [0.29, 0.717) is 23.6 Å². The zero-order valence-electron chi connectivity index (χ0n) is 12.0. The molecule has 1 aromatic rings. The first-order valence-electron chi connectivity index (χ1n) is 6.83. The van der Waals surface area contributed by atoms with Gasteiger partial charge in [-0.15, -0.1) is 0 Å². The van der Waals surface area contributed by atoms with Crippen LogP contribution in [0.3, 0.4) is 0 Å². The molecule has 20 heavy (non-hydrogen) atoms. The number of benzene rings is 1. The predicted molar refractivity (Wildman–Crippen MR) is 80.0 cm³/mol. The third-order valence-electron chi connectivity index (χ3n) is 4.00. The number of aryl methyl sites for hydroxylation is 1. The van der Waals surface area contributed by atoms with Crippen molar-refractivity contribution in [3.63, 3.8) is 0 Å². The third-order valence-corrected chi connectivity index (χ3v) is 4.31. The monoisotopic (exact) mass is 294 g/mol. The van der Waals surface area contributed by atoms with Crippen molar-refractivity contribution in [1.82, 2.24) is 5.32 Å². The first-order chi connectivity index (χ1) is 9.45. The molecule has 1 saturated heterocycles. The van der Waals surface area contributed by atoms with Crippen molar-refractivity contribution in [2.45, 2.75) is 39.2 Å². The number of anilines is 1. The van der Waals surface area contributed by atoms with Gasteiger partial charge in [0.15, 0.2) is 0 Å². The lowest BCUT2D eigenvalue weighted by Gasteiger charge is -2.41. The molecule has 1 aromatic carbocycles. The molecular weight excluding hydrogens is 276 g/mol. The summed E-state index contributed by atoms with van der Waals surface area (Å²) < 4.78 is 0. The van der Waals surface area contributed by atoms with E-state index in [9.17, 15) is 9.59 Å². The molecule has 0 atom stereocenters. The highest BCUT2D eigenvalue weighted by atomic mass is 35.5. The highest BCUT2D eigenvalue weighted by Crippen LogP contribution is 2.33. The molecule has 1 fully saturated rings. The van der Waals surface area contributed by atoms with Gasteiger partial charge in [0.05, 0.1) is 10.7 Å². The quantitative estimate of drug-likeness (QED) is 0.932. The van der Waals surface area contributed by atoms with Crippen LogP contribution in [0.15, 0.2) is 18.2 Å². The van der Waals surface area contributed by atoms with E-state index in [2.05, 4.69) is 5.32 Å². The van der Waals surface area contributed by atoms with E-state index >= 15 is 0 Å². The Kier molecular flexibility index (Phi) is 4.04. The van der Waals surface area contributed by atoms with Crippen LogP contribution in [0.1, 0.15) is 32.3 Å². The summed E-state index contributed by atoms with van der Waals surface area (Å²) in [5.74, 6) is -0.231. The Morgan fingerprint density at radius 1 is 1.30 bits per heavy atom. The number of carbonyl (C=O) groups excluding carboxylic acids is 2. The second-order valence-electron chi connectivity index (χ2n) is 5.13. The Labute approximate surface area is 124 Å². The molecule has 0 aromatic heterocycles. The van der Waals surface area contributed by atoms with Crippen LogP contribution in [0.4, 0.5) is 5.69 Å². The summed E-state index contributed by atoms with van der Waals surface area (Å²) in [4.78, 5) is 26.3. The molecule has 1 aliphatic heterocycles. The summed E-state index contributed by atoms with van der Waals surface area (Å²) >= 11 is 6.23. The maximum absolute atomic E-state index is 12.8. The van der Waals surface area contributed by atoms with Crippen molar-refractivity contribution in [2.24, 2.45) is 0 Å². The predicted octanol–water partition coefficient (Wildman–Crippen LogP) is 2.67. The zero-order valence-corrected chi connectivity index (χ0v) is 12.8. The van der Waals surface area contributed by atoms with Crippen molar-refractivity contribution in [1.29, 1.82) is 0 Å². The normalized spacial score (nSPS) is 18.1. The van der Waals surface area contributed by atoms with Crippen LogP contribution in [0.25, 0.3) is 0 Å². The maximum atomic E-state index is 12.8. The lowest BCUT2D eigenvalue weighted by molar-refractivity contribution is -0.136. The smallest absolute Gasteiger partial charge is 0.253 e. The number of amides is 2. The number of carbonyl (C=O) groups is 2. The van der Waals surface area contributed by atoms with Gasteiger partial charge in [0, 0.05) is 0 Å². The minimum Gasteiger partial charge on any atom is -0.340 e. The fourth-order valence-electron chi connectivity index (χ4n) is 2.71. The molecule has 0 radical (unpaired) electrons. The van der Waals surface area contributed by atoms with E-state index in [0.717, 1.165) is 5.56 Å². The Morgan fingerprint density at radius 2 is 1.95 bits per heavy atom. The Hall–Kier alpha value is -1.55. The number of hydrogen-bond donors (Lipinski definition) is 1. The summed E-state index contributed by atoms with van der Waals surface area (Å²) in [6.45, 7) is 5.72. The average molecular weight is 295 g/mol. The number of hydrogen-bond acceptors (Lipinski definition) is 2. The van der Waals surface area contributed by atoms with Gasteiger partial charge in [0.25, 0.3) is 5.91 Å². The van der Waals surface area contributed by atoms with E-state index in [1.54, 1.807) is 6.07 Å². The van der Waals surface area contributed by atoms with Crippen LogP contribution >= 0.6 is 11.6 Å².